The lowest BCUT2D eigenvalue weighted by atomic mass is 9.91. The van der Waals surface area contributed by atoms with Crippen LogP contribution in [0.1, 0.15) is 33.6 Å². The number of rotatable bonds is 10. The standard InChI is InChI=1S/C11H25NO8P2/c1-4-11(2,3)10(13)20-7-5-6-12(8-21(14,15)16)9-22(17,18)19/h4-9H2,1-3H3,(H2,14,15,16)(H2,17,18,19). The average Bonchev–Trinajstić information content (AvgIpc) is 2.30. The molecule has 0 fully saturated rings. The van der Waals surface area contributed by atoms with Crippen molar-refractivity contribution in [3.05, 3.63) is 0 Å². The van der Waals surface area contributed by atoms with Crippen LogP contribution in [0.4, 0.5) is 0 Å². The van der Waals surface area contributed by atoms with Crippen LogP contribution in [-0.2, 0) is 18.7 Å². The van der Waals surface area contributed by atoms with Crippen LogP contribution in [0, 0.1) is 5.41 Å². The molecule has 0 amide bonds. The molecule has 0 atom stereocenters. The lowest BCUT2D eigenvalue weighted by Crippen LogP contribution is -2.30. The second kappa shape index (κ2) is 8.55. The Bertz CT molecular complexity index is 431. The van der Waals surface area contributed by atoms with Crippen LogP contribution in [-0.4, -0.2) is 56.2 Å². The molecule has 22 heavy (non-hydrogen) atoms. The topological polar surface area (TPSA) is 145 Å². The zero-order valence-electron chi connectivity index (χ0n) is 13.0. The normalized spacial score (nSPS) is 13.5. The number of carbonyl (C=O) groups excluding carboxylic acids is 1. The second-order valence-electron chi connectivity index (χ2n) is 5.73. The van der Waals surface area contributed by atoms with E-state index in [1.807, 2.05) is 6.92 Å². The lowest BCUT2D eigenvalue weighted by molar-refractivity contribution is -0.154. The second-order valence-corrected chi connectivity index (χ2v) is 8.96. The monoisotopic (exact) mass is 361 g/mol. The molecule has 0 heterocycles. The van der Waals surface area contributed by atoms with Gasteiger partial charge in [0.25, 0.3) is 0 Å². The Balaban J connectivity index is 4.38. The highest BCUT2D eigenvalue weighted by molar-refractivity contribution is 7.52. The molecule has 0 aliphatic carbocycles. The smallest absolute Gasteiger partial charge is 0.339 e. The van der Waals surface area contributed by atoms with Crippen LogP contribution in [0.3, 0.4) is 0 Å². The molecule has 9 nitrogen and oxygen atoms in total. The molecule has 0 aliphatic heterocycles. The van der Waals surface area contributed by atoms with E-state index >= 15 is 0 Å². The summed E-state index contributed by atoms with van der Waals surface area (Å²) in [7, 11) is -8.86. The van der Waals surface area contributed by atoms with Gasteiger partial charge in [0.2, 0.25) is 0 Å². The van der Waals surface area contributed by atoms with Crippen molar-refractivity contribution in [1.29, 1.82) is 0 Å². The zero-order valence-corrected chi connectivity index (χ0v) is 14.8. The van der Waals surface area contributed by atoms with E-state index < -0.39 is 33.2 Å². The quantitative estimate of drug-likeness (QED) is 0.254. The summed E-state index contributed by atoms with van der Waals surface area (Å²) in [6, 6.07) is 0. The summed E-state index contributed by atoms with van der Waals surface area (Å²) < 4.78 is 27.0. The van der Waals surface area contributed by atoms with Crippen molar-refractivity contribution in [2.24, 2.45) is 5.41 Å². The van der Waals surface area contributed by atoms with Crippen molar-refractivity contribution in [3.8, 4) is 0 Å². The van der Waals surface area contributed by atoms with E-state index in [9.17, 15) is 13.9 Å². The van der Waals surface area contributed by atoms with Crippen LogP contribution in [0.25, 0.3) is 0 Å². The molecule has 0 spiro atoms. The largest absolute Gasteiger partial charge is 0.465 e. The van der Waals surface area contributed by atoms with Crippen molar-refractivity contribution >= 4 is 21.2 Å². The molecule has 0 saturated heterocycles. The van der Waals surface area contributed by atoms with Crippen molar-refractivity contribution < 1.29 is 38.2 Å². The SMILES string of the molecule is CCC(C)(C)C(=O)OCCCN(CP(=O)(O)O)CP(=O)(O)O. The highest BCUT2D eigenvalue weighted by atomic mass is 31.2. The predicted molar refractivity (Wildman–Crippen MR) is 80.2 cm³/mol. The molecule has 4 N–H and O–H groups in total. The zero-order chi connectivity index (χ0) is 17.6. The van der Waals surface area contributed by atoms with Gasteiger partial charge in [-0.25, -0.2) is 0 Å². The molecule has 0 saturated carbocycles. The highest BCUT2D eigenvalue weighted by Crippen LogP contribution is 2.40. The first kappa shape index (κ1) is 21.7. The maximum absolute atomic E-state index is 11.7. The number of hydrogen-bond donors (Lipinski definition) is 4. The van der Waals surface area contributed by atoms with Gasteiger partial charge in [0, 0.05) is 6.54 Å². The average molecular weight is 361 g/mol. The van der Waals surface area contributed by atoms with E-state index in [1.54, 1.807) is 13.8 Å². The van der Waals surface area contributed by atoms with Crippen LogP contribution in [0.2, 0.25) is 0 Å². The first-order valence-corrected chi connectivity index (χ1v) is 10.3. The minimum atomic E-state index is -4.43. The van der Waals surface area contributed by atoms with Gasteiger partial charge in [0.05, 0.1) is 12.0 Å². The number of hydrogen-bond acceptors (Lipinski definition) is 5. The Morgan fingerprint density at radius 2 is 1.55 bits per heavy atom. The molecule has 0 radical (unpaired) electrons. The van der Waals surface area contributed by atoms with Gasteiger partial charge in [0.15, 0.2) is 0 Å². The van der Waals surface area contributed by atoms with Crippen molar-refractivity contribution in [3.63, 3.8) is 0 Å². The molecular weight excluding hydrogens is 336 g/mol. The third-order valence-corrected chi connectivity index (χ3v) is 4.59. The van der Waals surface area contributed by atoms with Crippen molar-refractivity contribution in [2.75, 3.05) is 25.7 Å². The summed E-state index contributed by atoms with van der Waals surface area (Å²) >= 11 is 0. The van der Waals surface area contributed by atoms with Gasteiger partial charge in [-0.15, -0.1) is 0 Å². The minimum Gasteiger partial charge on any atom is -0.465 e. The Morgan fingerprint density at radius 1 is 1.09 bits per heavy atom. The van der Waals surface area contributed by atoms with Gasteiger partial charge >= 0.3 is 21.2 Å². The van der Waals surface area contributed by atoms with Gasteiger partial charge in [-0.05, 0) is 26.7 Å². The van der Waals surface area contributed by atoms with Crippen LogP contribution in [0.5, 0.6) is 0 Å². The fourth-order valence-electron chi connectivity index (χ4n) is 1.50. The van der Waals surface area contributed by atoms with E-state index in [0.717, 1.165) is 4.90 Å². The minimum absolute atomic E-state index is 0.00392. The first-order chi connectivity index (χ1) is 9.77. The molecule has 0 rings (SSSR count). The summed E-state index contributed by atoms with van der Waals surface area (Å²) in [5.41, 5.74) is -0.614. The molecule has 0 aromatic heterocycles. The van der Waals surface area contributed by atoms with E-state index in [2.05, 4.69) is 0 Å². The fraction of sp³-hybridized carbons (Fsp3) is 0.909. The summed E-state index contributed by atoms with van der Waals surface area (Å²) in [6.45, 7) is 5.34. The maximum Gasteiger partial charge on any atom is 0.339 e. The number of nitrogens with zero attached hydrogens (tertiary/aromatic N) is 1. The summed E-state index contributed by atoms with van der Waals surface area (Å²) in [4.78, 5) is 48.3. The Morgan fingerprint density at radius 3 is 1.91 bits per heavy atom. The Labute approximate surface area is 130 Å². The first-order valence-electron chi connectivity index (χ1n) is 6.75. The molecule has 11 heteroatoms. The van der Waals surface area contributed by atoms with Crippen LogP contribution < -0.4 is 0 Å². The van der Waals surface area contributed by atoms with Gasteiger partial charge in [0.1, 0.15) is 12.6 Å². The van der Waals surface area contributed by atoms with Gasteiger partial charge in [-0.3, -0.25) is 18.8 Å². The van der Waals surface area contributed by atoms with Crippen molar-refractivity contribution in [1.82, 2.24) is 4.90 Å². The lowest BCUT2D eigenvalue weighted by Gasteiger charge is -2.24. The third-order valence-electron chi connectivity index (χ3n) is 3.06. The summed E-state index contributed by atoms with van der Waals surface area (Å²) in [5.74, 6) is -0.383. The van der Waals surface area contributed by atoms with Crippen LogP contribution in [0.15, 0.2) is 0 Å². The molecule has 0 aromatic rings. The highest BCUT2D eigenvalue weighted by Gasteiger charge is 2.28. The maximum atomic E-state index is 11.7. The Kier molecular flexibility index (Phi) is 8.44. The third kappa shape index (κ3) is 10.5. The molecule has 132 valence electrons. The summed E-state index contributed by atoms with van der Waals surface area (Å²) in [5, 5.41) is 0. The molecular formula is C11H25NO8P2. The van der Waals surface area contributed by atoms with Gasteiger partial charge in [-0.2, -0.15) is 0 Å². The summed E-state index contributed by atoms with van der Waals surface area (Å²) in [6.07, 6.45) is -0.696. The van der Waals surface area contributed by atoms with E-state index in [4.69, 9.17) is 24.3 Å². The molecule has 0 aromatic carbocycles. The molecule has 0 unspecified atom stereocenters. The van der Waals surface area contributed by atoms with E-state index in [-0.39, 0.29) is 25.5 Å². The Hall–Kier alpha value is -0.270. The van der Waals surface area contributed by atoms with Gasteiger partial charge < -0.3 is 24.3 Å². The van der Waals surface area contributed by atoms with E-state index in [0.29, 0.717) is 6.42 Å². The predicted octanol–water partition coefficient (Wildman–Crippen LogP) is 0.928. The van der Waals surface area contributed by atoms with Crippen molar-refractivity contribution in [2.45, 2.75) is 33.6 Å². The van der Waals surface area contributed by atoms with Gasteiger partial charge in [-0.1, -0.05) is 6.92 Å². The number of ether oxygens (including phenoxy) is 1. The molecule has 0 bridgehead atoms. The number of esters is 1. The number of carbonyl (C=O) groups is 1. The van der Waals surface area contributed by atoms with Crippen LogP contribution >= 0.6 is 15.2 Å². The molecule has 0 aliphatic rings. The fourth-order valence-corrected chi connectivity index (χ4v) is 3.18. The van der Waals surface area contributed by atoms with E-state index in [1.165, 1.54) is 0 Å².